The smallest absolute Gasteiger partial charge is 0.276 e. The van der Waals surface area contributed by atoms with E-state index >= 15 is 0 Å². The number of anilines is 3. The lowest BCUT2D eigenvalue weighted by atomic mass is 10.4. The molecule has 84 valence electrons. The van der Waals surface area contributed by atoms with Crippen molar-refractivity contribution >= 4 is 17.2 Å². The molecule has 2 rings (SSSR count). The van der Waals surface area contributed by atoms with E-state index in [1.807, 2.05) is 13.1 Å². The standard InChI is InChI=1S/C9H12N6O/c1-2-15-4-6(3-13-15)14-8-7(10)9(16)12-5-11-8/h3-5H,2,10H2,1H3,(H2,11,12,14,16). The first-order chi connectivity index (χ1) is 7.70. The van der Waals surface area contributed by atoms with Gasteiger partial charge in [0.1, 0.15) is 5.69 Å². The molecule has 0 unspecified atom stereocenters. The number of hydrogen-bond acceptors (Lipinski definition) is 5. The molecule has 0 spiro atoms. The molecule has 4 N–H and O–H groups in total. The molecule has 2 aromatic heterocycles. The molecular formula is C9H12N6O. The second-order valence-electron chi connectivity index (χ2n) is 3.20. The Balaban J connectivity index is 2.27. The maximum Gasteiger partial charge on any atom is 0.276 e. The summed E-state index contributed by atoms with van der Waals surface area (Å²) in [6.07, 6.45) is 4.75. The first-order valence-corrected chi connectivity index (χ1v) is 4.83. The molecule has 0 radical (unpaired) electrons. The third-order valence-corrected chi connectivity index (χ3v) is 2.11. The molecule has 0 saturated heterocycles. The zero-order valence-electron chi connectivity index (χ0n) is 8.77. The summed E-state index contributed by atoms with van der Waals surface area (Å²) in [5, 5.41) is 7.01. The van der Waals surface area contributed by atoms with Crippen LogP contribution >= 0.6 is 0 Å². The molecule has 0 aliphatic heterocycles. The van der Waals surface area contributed by atoms with E-state index in [4.69, 9.17) is 5.73 Å². The van der Waals surface area contributed by atoms with Gasteiger partial charge in [-0.05, 0) is 6.92 Å². The predicted molar refractivity (Wildman–Crippen MR) is 60.5 cm³/mol. The highest BCUT2D eigenvalue weighted by Crippen LogP contribution is 2.15. The van der Waals surface area contributed by atoms with Gasteiger partial charge in [-0.2, -0.15) is 5.10 Å². The van der Waals surface area contributed by atoms with E-state index in [0.29, 0.717) is 5.82 Å². The second kappa shape index (κ2) is 4.05. The number of aryl methyl sites for hydroxylation is 1. The topological polar surface area (TPSA) is 102 Å². The molecule has 2 heterocycles. The largest absolute Gasteiger partial charge is 0.391 e. The second-order valence-corrected chi connectivity index (χ2v) is 3.20. The van der Waals surface area contributed by atoms with Crippen LogP contribution in [-0.4, -0.2) is 19.7 Å². The summed E-state index contributed by atoms with van der Waals surface area (Å²) in [6.45, 7) is 2.76. The minimum atomic E-state index is -0.361. The van der Waals surface area contributed by atoms with Crippen molar-refractivity contribution in [2.24, 2.45) is 0 Å². The quantitative estimate of drug-likeness (QED) is 0.691. The van der Waals surface area contributed by atoms with E-state index in [0.717, 1.165) is 12.2 Å². The zero-order valence-corrected chi connectivity index (χ0v) is 8.77. The fourth-order valence-corrected chi connectivity index (χ4v) is 1.25. The molecule has 0 amide bonds. The van der Waals surface area contributed by atoms with Gasteiger partial charge in [-0.25, -0.2) is 4.98 Å². The molecule has 0 aromatic carbocycles. The Hall–Kier alpha value is -2.31. The first-order valence-electron chi connectivity index (χ1n) is 4.83. The zero-order chi connectivity index (χ0) is 11.5. The summed E-state index contributed by atoms with van der Waals surface area (Å²) in [4.78, 5) is 17.5. The highest BCUT2D eigenvalue weighted by Gasteiger charge is 2.05. The van der Waals surface area contributed by atoms with Gasteiger partial charge in [-0.1, -0.05) is 0 Å². The Morgan fingerprint density at radius 1 is 1.62 bits per heavy atom. The third kappa shape index (κ3) is 1.88. The number of H-pyrrole nitrogens is 1. The minimum Gasteiger partial charge on any atom is -0.391 e. The van der Waals surface area contributed by atoms with Gasteiger partial charge in [-0.3, -0.25) is 9.48 Å². The molecule has 0 bridgehead atoms. The monoisotopic (exact) mass is 220 g/mol. The first kappa shape index (κ1) is 10.2. The molecule has 2 aromatic rings. The van der Waals surface area contributed by atoms with Crippen LogP contribution < -0.4 is 16.6 Å². The maximum absolute atomic E-state index is 11.2. The van der Waals surface area contributed by atoms with Crippen LogP contribution in [0.15, 0.2) is 23.5 Å². The molecule has 7 nitrogen and oxygen atoms in total. The summed E-state index contributed by atoms with van der Waals surface area (Å²) in [5.74, 6) is 0.333. The number of nitrogens with zero attached hydrogens (tertiary/aromatic N) is 3. The van der Waals surface area contributed by atoms with Crippen LogP contribution in [0.5, 0.6) is 0 Å². The van der Waals surface area contributed by atoms with Crippen LogP contribution in [0.2, 0.25) is 0 Å². The molecule has 0 atom stereocenters. The lowest BCUT2D eigenvalue weighted by Gasteiger charge is -2.03. The van der Waals surface area contributed by atoms with E-state index < -0.39 is 0 Å². The number of rotatable bonds is 3. The van der Waals surface area contributed by atoms with E-state index in [9.17, 15) is 4.79 Å². The Morgan fingerprint density at radius 3 is 3.12 bits per heavy atom. The van der Waals surface area contributed by atoms with E-state index in [1.165, 1.54) is 6.33 Å². The Bertz CT molecular complexity index is 543. The van der Waals surface area contributed by atoms with Crippen molar-refractivity contribution < 1.29 is 0 Å². The van der Waals surface area contributed by atoms with Gasteiger partial charge < -0.3 is 16.0 Å². The third-order valence-electron chi connectivity index (χ3n) is 2.11. The number of aromatic amines is 1. The summed E-state index contributed by atoms with van der Waals surface area (Å²) in [7, 11) is 0. The maximum atomic E-state index is 11.2. The molecule has 0 saturated carbocycles. The molecule has 0 aliphatic rings. The van der Waals surface area contributed by atoms with Crippen molar-refractivity contribution in [1.29, 1.82) is 0 Å². The normalized spacial score (nSPS) is 10.3. The SMILES string of the molecule is CCn1cc(Nc2nc[nH]c(=O)c2N)cn1. The predicted octanol–water partition coefficient (Wildman–Crippen LogP) is 0.312. The number of nitrogens with one attached hydrogen (secondary N) is 2. The van der Waals surface area contributed by atoms with Gasteiger partial charge in [0, 0.05) is 12.7 Å². The van der Waals surface area contributed by atoms with Crippen molar-refractivity contribution in [1.82, 2.24) is 19.7 Å². The van der Waals surface area contributed by atoms with Gasteiger partial charge >= 0.3 is 0 Å². The van der Waals surface area contributed by atoms with E-state index in [-0.39, 0.29) is 11.2 Å². The average Bonchev–Trinajstić information content (AvgIpc) is 2.73. The highest BCUT2D eigenvalue weighted by molar-refractivity contribution is 5.66. The van der Waals surface area contributed by atoms with Gasteiger partial charge in [0.2, 0.25) is 0 Å². The lowest BCUT2D eigenvalue weighted by Crippen LogP contribution is -2.14. The van der Waals surface area contributed by atoms with Crippen LogP contribution in [0, 0.1) is 0 Å². The van der Waals surface area contributed by atoms with E-state index in [2.05, 4.69) is 20.4 Å². The number of nitrogens with two attached hydrogens (primary N) is 1. The van der Waals surface area contributed by atoms with E-state index in [1.54, 1.807) is 10.9 Å². The molecule has 0 aliphatic carbocycles. The van der Waals surface area contributed by atoms with Crippen LogP contribution in [0.25, 0.3) is 0 Å². The Morgan fingerprint density at radius 2 is 2.44 bits per heavy atom. The number of aromatic nitrogens is 4. The van der Waals surface area contributed by atoms with Crippen molar-refractivity contribution in [3.63, 3.8) is 0 Å². The van der Waals surface area contributed by atoms with Gasteiger partial charge in [-0.15, -0.1) is 0 Å². The summed E-state index contributed by atoms with van der Waals surface area (Å²) >= 11 is 0. The van der Waals surface area contributed by atoms with Crippen LogP contribution in [-0.2, 0) is 6.54 Å². The molecule has 0 fully saturated rings. The highest BCUT2D eigenvalue weighted by atomic mass is 16.1. The van der Waals surface area contributed by atoms with Crippen molar-refractivity contribution in [3.8, 4) is 0 Å². The summed E-state index contributed by atoms with van der Waals surface area (Å²) in [6, 6.07) is 0. The number of nitrogen functional groups attached to an aromatic ring is 1. The Labute approximate surface area is 91.3 Å². The van der Waals surface area contributed by atoms with Crippen molar-refractivity contribution in [3.05, 3.63) is 29.1 Å². The fourth-order valence-electron chi connectivity index (χ4n) is 1.25. The average molecular weight is 220 g/mol. The van der Waals surface area contributed by atoms with Gasteiger partial charge in [0.15, 0.2) is 5.82 Å². The Kier molecular flexibility index (Phi) is 2.59. The fraction of sp³-hybridized carbons (Fsp3) is 0.222. The number of hydrogen-bond donors (Lipinski definition) is 3. The van der Waals surface area contributed by atoms with Crippen molar-refractivity contribution in [2.75, 3.05) is 11.1 Å². The van der Waals surface area contributed by atoms with Crippen LogP contribution in [0.3, 0.4) is 0 Å². The van der Waals surface area contributed by atoms with Crippen LogP contribution in [0.1, 0.15) is 6.92 Å². The minimum absolute atomic E-state index is 0.0618. The lowest BCUT2D eigenvalue weighted by molar-refractivity contribution is 0.660. The summed E-state index contributed by atoms with van der Waals surface area (Å²) in [5.41, 5.74) is 6.02. The van der Waals surface area contributed by atoms with Gasteiger partial charge in [0.05, 0.1) is 18.2 Å². The summed E-state index contributed by atoms with van der Waals surface area (Å²) < 4.78 is 1.76. The molecule has 7 heteroatoms. The molecule has 16 heavy (non-hydrogen) atoms. The van der Waals surface area contributed by atoms with Gasteiger partial charge in [0.25, 0.3) is 5.56 Å². The van der Waals surface area contributed by atoms with Crippen molar-refractivity contribution in [2.45, 2.75) is 13.5 Å². The molecular weight excluding hydrogens is 208 g/mol. The van der Waals surface area contributed by atoms with Crippen LogP contribution in [0.4, 0.5) is 17.2 Å².